The van der Waals surface area contributed by atoms with Crippen LogP contribution in [-0.4, -0.2) is 18.3 Å². The number of hydrogen-bond donors (Lipinski definition) is 2. The third-order valence-corrected chi connectivity index (χ3v) is 4.45. The lowest BCUT2D eigenvalue weighted by Crippen LogP contribution is -2.29. The molecule has 2 aromatic rings. The van der Waals surface area contributed by atoms with Gasteiger partial charge in [-0.05, 0) is 61.3 Å². The number of anilines is 1. The third kappa shape index (κ3) is 6.87. The van der Waals surface area contributed by atoms with Crippen LogP contribution in [-0.2, 0) is 12.6 Å². The molecule has 0 aliphatic heterocycles. The van der Waals surface area contributed by atoms with E-state index in [1.165, 1.54) is 12.1 Å². The zero-order valence-corrected chi connectivity index (χ0v) is 17.0. The zero-order chi connectivity index (χ0) is 20.6. The van der Waals surface area contributed by atoms with E-state index in [9.17, 15) is 13.2 Å². The second kappa shape index (κ2) is 10.5. The van der Waals surface area contributed by atoms with E-state index in [1.807, 2.05) is 24.3 Å². The summed E-state index contributed by atoms with van der Waals surface area (Å²) in [6, 6.07) is 11.5. The maximum Gasteiger partial charge on any atom is 0.417 e. The van der Waals surface area contributed by atoms with E-state index in [4.69, 9.17) is 28.6 Å². The average Bonchev–Trinajstić information content (AvgIpc) is 2.65. The first kappa shape index (κ1) is 22.3. The van der Waals surface area contributed by atoms with E-state index < -0.39 is 11.7 Å². The van der Waals surface area contributed by atoms with Crippen LogP contribution < -0.4 is 15.4 Å². The molecule has 2 N–H and O–H groups in total. The van der Waals surface area contributed by atoms with Gasteiger partial charge in [0.25, 0.3) is 0 Å². The van der Waals surface area contributed by atoms with Crippen LogP contribution in [0.5, 0.6) is 5.75 Å². The second-order valence-electron chi connectivity index (χ2n) is 6.13. The van der Waals surface area contributed by atoms with Gasteiger partial charge in [-0.15, -0.1) is 0 Å². The van der Waals surface area contributed by atoms with Crippen molar-refractivity contribution in [2.75, 3.05) is 18.5 Å². The van der Waals surface area contributed by atoms with Gasteiger partial charge < -0.3 is 15.4 Å². The fourth-order valence-electron chi connectivity index (χ4n) is 2.54. The van der Waals surface area contributed by atoms with E-state index in [2.05, 4.69) is 17.6 Å². The first-order valence-corrected chi connectivity index (χ1v) is 9.72. The van der Waals surface area contributed by atoms with Crippen molar-refractivity contribution >= 4 is 34.6 Å². The molecule has 0 spiro atoms. The van der Waals surface area contributed by atoms with Crippen LogP contribution >= 0.6 is 23.8 Å². The Morgan fingerprint density at radius 1 is 1.18 bits per heavy atom. The molecule has 0 saturated heterocycles. The van der Waals surface area contributed by atoms with Gasteiger partial charge in [-0.3, -0.25) is 0 Å². The molecule has 2 rings (SSSR count). The molecule has 0 bridgehead atoms. The summed E-state index contributed by atoms with van der Waals surface area (Å²) in [5.41, 5.74) is 0.447. The fourth-order valence-corrected chi connectivity index (χ4v) is 2.98. The fraction of sp³-hybridized carbons (Fsp3) is 0.350. The van der Waals surface area contributed by atoms with Gasteiger partial charge in [-0.25, -0.2) is 0 Å². The van der Waals surface area contributed by atoms with Gasteiger partial charge in [0.2, 0.25) is 0 Å². The normalized spacial score (nSPS) is 11.2. The summed E-state index contributed by atoms with van der Waals surface area (Å²) in [4.78, 5) is 0. The molecule has 28 heavy (non-hydrogen) atoms. The van der Waals surface area contributed by atoms with Gasteiger partial charge in [0.15, 0.2) is 5.11 Å². The topological polar surface area (TPSA) is 33.3 Å². The van der Waals surface area contributed by atoms with Gasteiger partial charge >= 0.3 is 6.18 Å². The summed E-state index contributed by atoms with van der Waals surface area (Å²) in [7, 11) is 0. The number of aryl methyl sites for hydroxylation is 1. The number of nitrogens with one attached hydrogen (secondary N) is 2. The lowest BCUT2D eigenvalue weighted by molar-refractivity contribution is -0.137. The lowest BCUT2D eigenvalue weighted by atomic mass is 10.1. The van der Waals surface area contributed by atoms with Gasteiger partial charge in [-0.1, -0.05) is 36.7 Å². The molecular formula is C20H22ClF3N2OS. The van der Waals surface area contributed by atoms with Crippen LogP contribution in [0, 0.1) is 0 Å². The van der Waals surface area contributed by atoms with Crippen molar-refractivity contribution in [2.24, 2.45) is 0 Å². The number of benzene rings is 2. The molecular weight excluding hydrogens is 409 g/mol. The Labute approximate surface area is 173 Å². The number of thiocarbonyl (C=S) groups is 1. The minimum atomic E-state index is -4.52. The van der Waals surface area contributed by atoms with Crippen molar-refractivity contribution < 1.29 is 17.9 Å². The molecule has 0 aliphatic rings. The number of halogens is 4. The molecule has 0 aromatic heterocycles. The Hall–Kier alpha value is -1.99. The zero-order valence-electron chi connectivity index (χ0n) is 15.4. The van der Waals surface area contributed by atoms with Crippen LogP contribution in [0.15, 0.2) is 42.5 Å². The molecule has 0 radical (unpaired) electrons. The Kier molecular flexibility index (Phi) is 8.38. The molecule has 0 unspecified atom stereocenters. The van der Waals surface area contributed by atoms with Crippen molar-refractivity contribution in [3.05, 3.63) is 58.6 Å². The second-order valence-corrected chi connectivity index (χ2v) is 6.95. The predicted molar refractivity (Wildman–Crippen MR) is 111 cm³/mol. The summed E-state index contributed by atoms with van der Waals surface area (Å²) < 4.78 is 44.5. The van der Waals surface area contributed by atoms with E-state index in [-0.39, 0.29) is 15.8 Å². The van der Waals surface area contributed by atoms with Crippen molar-refractivity contribution in [1.29, 1.82) is 0 Å². The monoisotopic (exact) mass is 430 g/mol. The van der Waals surface area contributed by atoms with Crippen molar-refractivity contribution in [2.45, 2.75) is 32.4 Å². The molecule has 0 atom stereocenters. The molecule has 0 fully saturated rings. The lowest BCUT2D eigenvalue weighted by Gasteiger charge is -2.14. The van der Waals surface area contributed by atoms with Crippen molar-refractivity contribution in [3.63, 3.8) is 0 Å². The standard InChI is InChI=1S/C20H22ClF3N2OS/c1-2-12-27-18-8-4-3-6-14(18)7-5-11-25-19(28)26-15-9-10-17(21)16(13-15)20(22,23)24/h3-4,6,8-10,13H,2,5,7,11-12H2,1H3,(H2,25,26,28). The summed E-state index contributed by atoms with van der Waals surface area (Å²) in [5, 5.41) is 5.67. The van der Waals surface area contributed by atoms with E-state index in [0.717, 1.165) is 36.6 Å². The molecule has 2 aromatic carbocycles. The van der Waals surface area contributed by atoms with Crippen LogP contribution in [0.2, 0.25) is 5.02 Å². The SMILES string of the molecule is CCCOc1ccccc1CCCNC(=S)Nc1ccc(Cl)c(C(F)(F)F)c1. The van der Waals surface area contributed by atoms with Crippen molar-refractivity contribution in [3.8, 4) is 5.75 Å². The van der Waals surface area contributed by atoms with Crippen LogP contribution in [0.3, 0.4) is 0 Å². The third-order valence-electron chi connectivity index (χ3n) is 3.87. The Morgan fingerprint density at radius 2 is 1.93 bits per heavy atom. The number of ether oxygens (including phenoxy) is 1. The predicted octanol–water partition coefficient (Wildman–Crippen LogP) is 6.07. The van der Waals surface area contributed by atoms with E-state index in [1.54, 1.807) is 0 Å². The maximum absolute atomic E-state index is 12.9. The first-order chi connectivity index (χ1) is 13.3. The summed E-state index contributed by atoms with van der Waals surface area (Å²) in [6.07, 6.45) is -1.98. The summed E-state index contributed by atoms with van der Waals surface area (Å²) in [6.45, 7) is 3.30. The molecule has 8 heteroatoms. The van der Waals surface area contributed by atoms with Crippen LogP contribution in [0.1, 0.15) is 30.9 Å². The average molecular weight is 431 g/mol. The van der Waals surface area contributed by atoms with Gasteiger partial charge in [-0.2, -0.15) is 13.2 Å². The highest BCUT2D eigenvalue weighted by atomic mass is 35.5. The molecule has 0 heterocycles. The van der Waals surface area contributed by atoms with Crippen molar-refractivity contribution in [1.82, 2.24) is 5.32 Å². The first-order valence-electron chi connectivity index (χ1n) is 8.93. The highest BCUT2D eigenvalue weighted by Crippen LogP contribution is 2.36. The van der Waals surface area contributed by atoms with Crippen LogP contribution in [0.4, 0.5) is 18.9 Å². The minimum Gasteiger partial charge on any atom is -0.493 e. The van der Waals surface area contributed by atoms with E-state index in [0.29, 0.717) is 13.2 Å². The summed E-state index contributed by atoms with van der Waals surface area (Å²) in [5.74, 6) is 0.880. The van der Waals surface area contributed by atoms with Crippen LogP contribution in [0.25, 0.3) is 0 Å². The number of alkyl halides is 3. The molecule has 152 valence electrons. The maximum atomic E-state index is 12.9. The Morgan fingerprint density at radius 3 is 2.64 bits per heavy atom. The number of rotatable bonds is 8. The molecule has 0 aliphatic carbocycles. The quantitative estimate of drug-likeness (QED) is 0.393. The van der Waals surface area contributed by atoms with Gasteiger partial charge in [0, 0.05) is 12.2 Å². The number of hydrogen-bond acceptors (Lipinski definition) is 2. The molecule has 3 nitrogen and oxygen atoms in total. The summed E-state index contributed by atoms with van der Waals surface area (Å²) >= 11 is 10.8. The minimum absolute atomic E-state index is 0.229. The molecule has 0 saturated carbocycles. The highest BCUT2D eigenvalue weighted by Gasteiger charge is 2.33. The highest BCUT2D eigenvalue weighted by molar-refractivity contribution is 7.80. The molecule has 0 amide bonds. The smallest absolute Gasteiger partial charge is 0.417 e. The van der Waals surface area contributed by atoms with Gasteiger partial charge in [0.05, 0.1) is 17.2 Å². The largest absolute Gasteiger partial charge is 0.493 e. The van der Waals surface area contributed by atoms with Gasteiger partial charge in [0.1, 0.15) is 5.75 Å². The Bertz CT molecular complexity index is 799. The Balaban J connectivity index is 1.83. The number of para-hydroxylation sites is 1. The van der Waals surface area contributed by atoms with E-state index >= 15 is 0 Å².